The number of piperidine rings is 1. The van der Waals surface area contributed by atoms with Crippen molar-refractivity contribution in [2.45, 2.75) is 25.3 Å². The van der Waals surface area contributed by atoms with Gasteiger partial charge in [0.1, 0.15) is 6.61 Å². The van der Waals surface area contributed by atoms with Gasteiger partial charge in [0.2, 0.25) is 11.8 Å². The molecular formula is C11H18N4O3. The highest BCUT2D eigenvalue weighted by molar-refractivity contribution is 5.77. The predicted octanol–water partition coefficient (Wildman–Crippen LogP) is -0.414. The highest BCUT2D eigenvalue weighted by Crippen LogP contribution is 2.24. The molecule has 1 aromatic heterocycles. The van der Waals surface area contributed by atoms with E-state index in [0.29, 0.717) is 18.3 Å². The normalized spacial score (nSPS) is 23.9. The minimum atomic E-state index is -0.132. The van der Waals surface area contributed by atoms with Gasteiger partial charge in [0.15, 0.2) is 5.82 Å². The molecule has 0 spiro atoms. The summed E-state index contributed by atoms with van der Waals surface area (Å²) in [5.74, 6) is 1.14. The second-order valence-corrected chi connectivity index (χ2v) is 4.39. The molecule has 2 N–H and O–H groups in total. The number of aromatic nitrogens is 2. The zero-order chi connectivity index (χ0) is 13.0. The lowest BCUT2D eigenvalue weighted by Gasteiger charge is -2.30. The number of aryl methyl sites for hydroxylation is 1. The number of hydrogen-bond acceptors (Lipinski definition) is 6. The molecule has 0 saturated carbocycles. The molecule has 7 heteroatoms. The third-order valence-electron chi connectivity index (χ3n) is 2.96. The summed E-state index contributed by atoms with van der Waals surface area (Å²) in [6.45, 7) is 3.42. The lowest BCUT2D eigenvalue weighted by atomic mass is 9.92. The molecule has 1 aliphatic rings. The first-order valence-corrected chi connectivity index (χ1v) is 6.00. The van der Waals surface area contributed by atoms with Crippen molar-refractivity contribution in [3.63, 3.8) is 0 Å². The van der Waals surface area contributed by atoms with Gasteiger partial charge in [0, 0.05) is 13.7 Å². The maximum atomic E-state index is 11.6. The van der Waals surface area contributed by atoms with Crippen molar-refractivity contribution in [1.82, 2.24) is 20.8 Å². The average molecular weight is 254 g/mol. The van der Waals surface area contributed by atoms with Crippen molar-refractivity contribution in [3.8, 4) is 0 Å². The van der Waals surface area contributed by atoms with E-state index < -0.39 is 0 Å². The highest BCUT2D eigenvalue weighted by atomic mass is 16.5. The fourth-order valence-corrected chi connectivity index (χ4v) is 2.15. The van der Waals surface area contributed by atoms with Gasteiger partial charge in [-0.15, -0.1) is 0 Å². The van der Waals surface area contributed by atoms with Crippen LogP contribution in [0.4, 0.5) is 0 Å². The van der Waals surface area contributed by atoms with Crippen molar-refractivity contribution in [2.75, 3.05) is 26.8 Å². The highest BCUT2D eigenvalue weighted by Gasteiger charge is 2.31. The Balaban J connectivity index is 2.04. The Hall–Kier alpha value is -1.47. The maximum absolute atomic E-state index is 11.6. The van der Waals surface area contributed by atoms with Crippen LogP contribution in [0.25, 0.3) is 0 Å². The summed E-state index contributed by atoms with van der Waals surface area (Å²) in [4.78, 5) is 15.8. The molecular weight excluding hydrogens is 236 g/mol. The molecule has 0 unspecified atom stereocenters. The minimum Gasteiger partial charge on any atom is -0.375 e. The molecule has 1 aromatic rings. The molecule has 100 valence electrons. The minimum absolute atomic E-state index is 0.0405. The number of nitrogens with zero attached hydrogens (tertiary/aromatic N) is 2. The Morgan fingerprint density at radius 3 is 3.17 bits per heavy atom. The molecule has 7 nitrogen and oxygen atoms in total. The van der Waals surface area contributed by atoms with Crippen molar-refractivity contribution in [3.05, 3.63) is 11.7 Å². The molecule has 2 atom stereocenters. The number of hydrogen-bond donors (Lipinski definition) is 2. The SMILES string of the molecule is COCC(=O)N[C@@H]1CNCC[C@@H]1c1nc(C)no1. The number of amides is 1. The second kappa shape index (κ2) is 5.92. The monoisotopic (exact) mass is 254 g/mol. The van der Waals surface area contributed by atoms with Gasteiger partial charge in [-0.2, -0.15) is 4.98 Å². The lowest BCUT2D eigenvalue weighted by Crippen LogP contribution is -2.50. The Labute approximate surface area is 105 Å². The van der Waals surface area contributed by atoms with Gasteiger partial charge in [-0.05, 0) is 19.9 Å². The molecule has 1 aliphatic heterocycles. The van der Waals surface area contributed by atoms with Crippen LogP contribution in [0, 0.1) is 6.92 Å². The van der Waals surface area contributed by atoms with Crippen LogP contribution in [0.5, 0.6) is 0 Å². The molecule has 0 aromatic carbocycles. The molecule has 1 saturated heterocycles. The third-order valence-corrected chi connectivity index (χ3v) is 2.96. The molecule has 0 radical (unpaired) electrons. The van der Waals surface area contributed by atoms with E-state index in [9.17, 15) is 4.79 Å². The van der Waals surface area contributed by atoms with Gasteiger partial charge in [-0.3, -0.25) is 4.79 Å². The van der Waals surface area contributed by atoms with Crippen LogP contribution < -0.4 is 10.6 Å². The number of ether oxygens (including phenoxy) is 1. The van der Waals surface area contributed by atoms with E-state index in [1.165, 1.54) is 7.11 Å². The van der Waals surface area contributed by atoms with E-state index >= 15 is 0 Å². The molecule has 1 amide bonds. The average Bonchev–Trinajstić information content (AvgIpc) is 2.77. The fraction of sp³-hybridized carbons (Fsp3) is 0.727. The van der Waals surface area contributed by atoms with Crippen LogP contribution in [-0.2, 0) is 9.53 Å². The summed E-state index contributed by atoms with van der Waals surface area (Å²) >= 11 is 0. The molecule has 0 aliphatic carbocycles. The zero-order valence-corrected chi connectivity index (χ0v) is 10.6. The molecule has 18 heavy (non-hydrogen) atoms. The molecule has 0 bridgehead atoms. The number of carbonyl (C=O) groups excluding carboxylic acids is 1. The van der Waals surface area contributed by atoms with E-state index in [2.05, 4.69) is 20.8 Å². The van der Waals surface area contributed by atoms with Crippen LogP contribution in [0.1, 0.15) is 24.1 Å². The van der Waals surface area contributed by atoms with Crippen LogP contribution in [-0.4, -0.2) is 48.9 Å². The Morgan fingerprint density at radius 2 is 2.50 bits per heavy atom. The van der Waals surface area contributed by atoms with Crippen molar-refractivity contribution in [2.24, 2.45) is 0 Å². The summed E-state index contributed by atoms with van der Waals surface area (Å²) in [5, 5.41) is 9.96. The first-order chi connectivity index (χ1) is 8.70. The fourth-order valence-electron chi connectivity index (χ4n) is 2.15. The van der Waals surface area contributed by atoms with Gasteiger partial charge in [0.05, 0.1) is 12.0 Å². The van der Waals surface area contributed by atoms with Gasteiger partial charge in [0.25, 0.3) is 0 Å². The largest absolute Gasteiger partial charge is 0.375 e. The van der Waals surface area contributed by atoms with E-state index in [0.717, 1.165) is 13.0 Å². The summed E-state index contributed by atoms with van der Waals surface area (Å²) in [6.07, 6.45) is 0.861. The van der Waals surface area contributed by atoms with Gasteiger partial charge >= 0.3 is 0 Å². The first-order valence-electron chi connectivity index (χ1n) is 6.00. The standard InChI is InChI=1S/C11H18N4O3/c1-7-13-11(18-15-7)8-3-4-12-5-9(8)14-10(16)6-17-2/h8-9,12H,3-6H2,1-2H3,(H,14,16)/t8-,9+/m0/s1. The summed E-state index contributed by atoms with van der Waals surface area (Å²) < 4.78 is 10.0. The van der Waals surface area contributed by atoms with Gasteiger partial charge in [-0.25, -0.2) is 0 Å². The van der Waals surface area contributed by atoms with Gasteiger partial charge < -0.3 is 19.9 Å². The lowest BCUT2D eigenvalue weighted by molar-refractivity contribution is -0.125. The Bertz CT molecular complexity index is 407. The quantitative estimate of drug-likeness (QED) is 0.759. The van der Waals surface area contributed by atoms with Crippen LogP contribution >= 0.6 is 0 Å². The van der Waals surface area contributed by atoms with Crippen molar-refractivity contribution < 1.29 is 14.1 Å². The van der Waals surface area contributed by atoms with Crippen LogP contribution in [0.15, 0.2) is 4.52 Å². The third kappa shape index (κ3) is 3.05. The topological polar surface area (TPSA) is 89.3 Å². The second-order valence-electron chi connectivity index (χ2n) is 4.39. The van der Waals surface area contributed by atoms with E-state index in [4.69, 9.17) is 9.26 Å². The number of rotatable bonds is 4. The summed E-state index contributed by atoms with van der Waals surface area (Å²) in [5.41, 5.74) is 0. The zero-order valence-electron chi connectivity index (χ0n) is 10.6. The van der Waals surface area contributed by atoms with Crippen LogP contribution in [0.2, 0.25) is 0 Å². The molecule has 2 heterocycles. The predicted molar refractivity (Wildman–Crippen MR) is 63.1 cm³/mol. The van der Waals surface area contributed by atoms with Crippen molar-refractivity contribution >= 4 is 5.91 Å². The maximum Gasteiger partial charge on any atom is 0.246 e. The van der Waals surface area contributed by atoms with Crippen LogP contribution in [0.3, 0.4) is 0 Å². The van der Waals surface area contributed by atoms with E-state index in [-0.39, 0.29) is 24.5 Å². The number of carbonyl (C=O) groups is 1. The van der Waals surface area contributed by atoms with Crippen molar-refractivity contribution in [1.29, 1.82) is 0 Å². The molecule has 2 rings (SSSR count). The Kier molecular flexibility index (Phi) is 4.27. The smallest absolute Gasteiger partial charge is 0.246 e. The van der Waals surface area contributed by atoms with E-state index in [1.54, 1.807) is 6.92 Å². The Morgan fingerprint density at radius 1 is 1.67 bits per heavy atom. The number of nitrogens with one attached hydrogen (secondary N) is 2. The molecule has 1 fully saturated rings. The van der Waals surface area contributed by atoms with Gasteiger partial charge in [-0.1, -0.05) is 5.16 Å². The summed E-state index contributed by atoms with van der Waals surface area (Å²) in [7, 11) is 1.50. The first kappa shape index (κ1) is 13.0. The summed E-state index contributed by atoms with van der Waals surface area (Å²) in [6, 6.07) is -0.0405. The number of methoxy groups -OCH3 is 1. The van der Waals surface area contributed by atoms with E-state index in [1.807, 2.05) is 0 Å².